The smallest absolute Gasteiger partial charge is 0.741 e. The van der Waals surface area contributed by atoms with E-state index in [1.165, 1.54) is 55.5 Å². The number of halogens is 7. The summed E-state index contributed by atoms with van der Waals surface area (Å²) in [6.45, 7) is 11.4. The van der Waals surface area contributed by atoms with Gasteiger partial charge in [-0.3, -0.25) is 19.6 Å². The van der Waals surface area contributed by atoms with Gasteiger partial charge in [-0.2, -0.15) is 18.4 Å². The number of alkyl halides is 3. The SMILES string of the molecule is CC#N.Fc1ccc(/C=C/CN2CCN(C/C=C/c3ccc(F)cc3)CCN(C/C=C/c3ccc(F)cc3)CCN(C/C=C/c3ccc(F)cc3)CC2)cc1.O=S(=O)([O-])C(F)(F)F.[Ag+]. The van der Waals surface area contributed by atoms with Crippen molar-refractivity contribution in [3.8, 4) is 6.07 Å². The zero-order valence-corrected chi connectivity index (χ0v) is 37.5. The molecule has 0 atom stereocenters. The number of nitrogens with zero attached hydrogens (tertiary/aromatic N) is 5. The molecule has 0 radical (unpaired) electrons. The number of nitriles is 1. The van der Waals surface area contributed by atoms with Crippen LogP contribution >= 0.6 is 0 Å². The van der Waals surface area contributed by atoms with Crippen molar-refractivity contribution >= 4 is 34.4 Å². The third kappa shape index (κ3) is 23.3. The minimum absolute atomic E-state index is 0. The Morgan fingerprint density at radius 3 is 0.797 bits per heavy atom. The van der Waals surface area contributed by atoms with Crippen LogP contribution in [0.5, 0.6) is 0 Å². The van der Waals surface area contributed by atoms with Crippen LogP contribution in [0.2, 0.25) is 0 Å². The molecule has 0 aromatic heterocycles. The monoisotopic (exact) mass is 1010 g/mol. The Kier molecular flexibility index (Phi) is 25.7. The van der Waals surface area contributed by atoms with Gasteiger partial charge in [0.25, 0.3) is 0 Å². The van der Waals surface area contributed by atoms with Crippen molar-refractivity contribution in [1.82, 2.24) is 19.6 Å². The van der Waals surface area contributed by atoms with E-state index in [-0.39, 0.29) is 45.6 Å². The summed E-state index contributed by atoms with van der Waals surface area (Å²) in [7, 11) is -6.09. The fourth-order valence-electron chi connectivity index (χ4n) is 5.96. The van der Waals surface area contributed by atoms with Crippen LogP contribution in [0.25, 0.3) is 24.3 Å². The molecule has 17 heteroatoms. The molecule has 1 heterocycles. The number of rotatable bonds is 12. The molecule has 1 aliphatic rings. The molecule has 64 heavy (non-hydrogen) atoms. The van der Waals surface area contributed by atoms with Gasteiger partial charge in [-0.05, 0) is 70.8 Å². The van der Waals surface area contributed by atoms with Crippen molar-refractivity contribution in [3.63, 3.8) is 0 Å². The van der Waals surface area contributed by atoms with Crippen molar-refractivity contribution < 1.29 is 66.1 Å². The van der Waals surface area contributed by atoms with E-state index < -0.39 is 15.6 Å². The quantitative estimate of drug-likeness (QED) is 0.0601. The van der Waals surface area contributed by atoms with Crippen LogP contribution in [0.15, 0.2) is 121 Å². The topological polar surface area (TPSA) is 94.0 Å². The Morgan fingerprint density at radius 1 is 0.500 bits per heavy atom. The summed E-state index contributed by atoms with van der Waals surface area (Å²) in [6, 6.07) is 27.9. The first-order chi connectivity index (χ1) is 30.0. The molecule has 0 N–H and O–H groups in total. The van der Waals surface area contributed by atoms with Crippen LogP contribution in [-0.2, 0) is 32.5 Å². The number of hydrogen-bond acceptors (Lipinski definition) is 8. The van der Waals surface area contributed by atoms with E-state index in [0.29, 0.717) is 0 Å². The standard InChI is InChI=1S/C44H48F4N4.C2H3N.CHF3O3S.Ag/c45-41-17-9-37(10-18-41)5-1-25-49-29-31-50(26-2-6-38-11-19-42(46)20-12-38)33-35-52(28-4-8-40-15-23-44(48)24-16-40)36-34-51(32-30-49)27-3-7-39-13-21-43(47)22-14-39;1-2-3;2-1(3,4)8(5,6)7;/h1-24H,25-36H2;1H3;(H,5,6,7);/q;;;+1/p-1/b5-1+,6-2+,7-3+,8-4+;;;. The molecule has 5 rings (SSSR count). The second-order valence-corrected chi connectivity index (χ2v) is 15.5. The van der Waals surface area contributed by atoms with Gasteiger partial charge < -0.3 is 4.55 Å². The first-order valence-corrected chi connectivity index (χ1v) is 21.4. The van der Waals surface area contributed by atoms with Crippen LogP contribution in [0.3, 0.4) is 0 Å². The molecule has 0 amide bonds. The molecule has 4 aromatic rings. The van der Waals surface area contributed by atoms with E-state index in [1.807, 2.05) is 24.3 Å². The predicted molar refractivity (Wildman–Crippen MR) is 235 cm³/mol. The molecule has 8 nitrogen and oxygen atoms in total. The van der Waals surface area contributed by atoms with E-state index in [2.05, 4.69) is 43.9 Å². The number of hydrogen-bond donors (Lipinski definition) is 0. The molecule has 0 bridgehead atoms. The van der Waals surface area contributed by atoms with Crippen LogP contribution < -0.4 is 0 Å². The maximum absolute atomic E-state index is 13.5. The Bertz CT molecular complexity index is 1920. The van der Waals surface area contributed by atoms with E-state index in [0.717, 1.165) is 101 Å². The van der Waals surface area contributed by atoms with E-state index >= 15 is 0 Å². The van der Waals surface area contributed by atoms with Gasteiger partial charge in [0.2, 0.25) is 0 Å². The van der Waals surface area contributed by atoms with Gasteiger partial charge in [-0.15, -0.1) is 0 Å². The van der Waals surface area contributed by atoms with Gasteiger partial charge >= 0.3 is 27.9 Å². The molecule has 0 aliphatic carbocycles. The van der Waals surface area contributed by atoms with Gasteiger partial charge in [0, 0.05) is 85.5 Å². The van der Waals surface area contributed by atoms with Gasteiger partial charge in [-0.1, -0.05) is 97.1 Å². The summed E-state index contributed by atoms with van der Waals surface area (Å²) in [5, 5.41) is 7.32. The van der Waals surface area contributed by atoms with Gasteiger partial charge in [-0.25, -0.2) is 26.0 Å². The third-order valence-electron chi connectivity index (χ3n) is 9.39. The first-order valence-electron chi connectivity index (χ1n) is 20.0. The van der Waals surface area contributed by atoms with E-state index in [9.17, 15) is 30.7 Å². The van der Waals surface area contributed by atoms with Crippen LogP contribution in [0, 0.1) is 34.6 Å². The van der Waals surface area contributed by atoms with Gasteiger partial charge in [0.15, 0.2) is 10.1 Å². The van der Waals surface area contributed by atoms with Gasteiger partial charge in [0.1, 0.15) is 23.3 Å². The summed E-state index contributed by atoms with van der Waals surface area (Å²) in [5.74, 6) is -0.982. The maximum atomic E-state index is 13.5. The van der Waals surface area contributed by atoms with Crippen LogP contribution in [0.1, 0.15) is 29.2 Å². The summed E-state index contributed by atoms with van der Waals surface area (Å²) in [5.41, 5.74) is -1.80. The number of benzene rings is 4. The second-order valence-electron chi connectivity index (χ2n) is 14.1. The second kappa shape index (κ2) is 29.7. The molecule has 1 saturated heterocycles. The predicted octanol–water partition coefficient (Wildman–Crippen LogP) is 9.20. The maximum Gasteiger partial charge on any atom is 1.00 e. The molecule has 0 unspecified atom stereocenters. The largest absolute Gasteiger partial charge is 1.00 e. The molecular formula is C47H51AgF7N5O3S. The average Bonchev–Trinajstić information content (AvgIpc) is 3.23. The Balaban J connectivity index is 0.00000105. The van der Waals surface area contributed by atoms with Crippen molar-refractivity contribution in [2.75, 3.05) is 78.5 Å². The summed E-state index contributed by atoms with van der Waals surface area (Å²) >= 11 is 0. The Labute approximate surface area is 387 Å². The van der Waals surface area contributed by atoms with Crippen molar-refractivity contribution in [2.24, 2.45) is 0 Å². The molecular weight excluding hydrogens is 955 g/mol. The minimum atomic E-state index is -6.09. The molecule has 0 saturated carbocycles. The molecule has 1 fully saturated rings. The summed E-state index contributed by atoms with van der Waals surface area (Å²) in [4.78, 5) is 9.83. The third-order valence-corrected chi connectivity index (χ3v) is 9.96. The molecule has 0 spiro atoms. The Morgan fingerprint density at radius 2 is 0.656 bits per heavy atom. The zero-order valence-electron chi connectivity index (χ0n) is 35.2. The van der Waals surface area contributed by atoms with Crippen molar-refractivity contribution in [2.45, 2.75) is 12.4 Å². The summed E-state index contributed by atoms with van der Waals surface area (Å²) < 4.78 is 113. The fourth-order valence-corrected chi connectivity index (χ4v) is 5.96. The molecule has 348 valence electrons. The van der Waals surface area contributed by atoms with Crippen LogP contribution in [0.4, 0.5) is 30.7 Å². The van der Waals surface area contributed by atoms with E-state index in [4.69, 9.17) is 18.2 Å². The van der Waals surface area contributed by atoms with Gasteiger partial charge in [0.05, 0.1) is 6.07 Å². The average molecular weight is 1010 g/mol. The van der Waals surface area contributed by atoms with Crippen molar-refractivity contribution in [3.05, 3.63) is 167 Å². The molecule has 4 aromatic carbocycles. The first kappa shape index (κ1) is 55.5. The van der Waals surface area contributed by atoms with Crippen LogP contribution in [-0.4, -0.2) is 117 Å². The van der Waals surface area contributed by atoms with Crippen molar-refractivity contribution in [1.29, 1.82) is 5.26 Å². The minimum Gasteiger partial charge on any atom is -0.741 e. The normalized spacial score (nSPS) is 15.4. The summed E-state index contributed by atoms with van der Waals surface area (Å²) in [6.07, 6.45) is 16.7. The fraction of sp³-hybridized carbons (Fsp3) is 0.298. The van der Waals surface area contributed by atoms with E-state index in [1.54, 1.807) is 54.6 Å². The molecule has 1 aliphatic heterocycles. The zero-order chi connectivity index (χ0) is 46.1. The Hall–Kier alpha value is -4.67.